The van der Waals surface area contributed by atoms with Crippen molar-refractivity contribution in [1.29, 1.82) is 0 Å². The van der Waals surface area contributed by atoms with Crippen LogP contribution in [0.4, 0.5) is 4.79 Å². The van der Waals surface area contributed by atoms with E-state index in [0.717, 1.165) is 22.5 Å². The second-order valence-electron chi connectivity index (χ2n) is 7.38. The lowest BCUT2D eigenvalue weighted by Crippen LogP contribution is -2.32. The lowest BCUT2D eigenvalue weighted by molar-refractivity contribution is -0.123. The number of phenols is 1. The summed E-state index contributed by atoms with van der Waals surface area (Å²) in [5, 5.41) is 12.0. The molecule has 33 heavy (non-hydrogen) atoms. The average molecular weight is 462 g/mol. The summed E-state index contributed by atoms with van der Waals surface area (Å²) < 4.78 is 11.1. The Balaban J connectivity index is 1.48. The molecular weight excluding hydrogens is 438 g/mol. The highest BCUT2D eigenvalue weighted by atomic mass is 32.2. The fourth-order valence-corrected chi connectivity index (χ4v) is 4.52. The molecule has 4 rings (SSSR count). The molecule has 1 saturated heterocycles. The molecule has 7 heteroatoms. The van der Waals surface area contributed by atoms with Crippen LogP contribution in [0.15, 0.2) is 72.2 Å². The summed E-state index contributed by atoms with van der Waals surface area (Å²) in [6.07, 6.45) is 3.74. The quantitative estimate of drug-likeness (QED) is 0.358. The molecule has 1 aliphatic rings. The van der Waals surface area contributed by atoms with Crippen LogP contribution in [0, 0.1) is 0 Å². The molecule has 0 saturated carbocycles. The number of rotatable bonds is 8. The first kappa shape index (κ1) is 22.5. The number of nitrogens with zero attached hydrogens (tertiary/aromatic N) is 1. The fourth-order valence-electron chi connectivity index (χ4n) is 3.65. The summed E-state index contributed by atoms with van der Waals surface area (Å²) in [7, 11) is 1.46. The summed E-state index contributed by atoms with van der Waals surface area (Å²) >= 11 is 0.882. The minimum Gasteiger partial charge on any atom is -0.504 e. The molecule has 1 aliphatic heterocycles. The zero-order chi connectivity index (χ0) is 23.4. The smallest absolute Gasteiger partial charge is 0.293 e. The van der Waals surface area contributed by atoms with E-state index >= 15 is 0 Å². The van der Waals surface area contributed by atoms with Gasteiger partial charge in [0.2, 0.25) is 0 Å². The number of thioether (sulfide) groups is 1. The molecule has 0 bridgehead atoms. The number of imide groups is 1. The molecule has 2 amide bonds. The first-order chi connectivity index (χ1) is 16.0. The number of methoxy groups -OCH3 is 1. The number of phenolic OH excluding ortho intramolecular Hbond substituents is 1. The van der Waals surface area contributed by atoms with Crippen molar-refractivity contribution in [2.45, 2.75) is 6.42 Å². The van der Waals surface area contributed by atoms with E-state index in [9.17, 15) is 14.7 Å². The summed E-state index contributed by atoms with van der Waals surface area (Å²) in [6, 6.07) is 17.0. The Morgan fingerprint density at radius 1 is 1.09 bits per heavy atom. The second kappa shape index (κ2) is 9.83. The van der Waals surface area contributed by atoms with Crippen molar-refractivity contribution in [1.82, 2.24) is 4.90 Å². The van der Waals surface area contributed by atoms with Crippen LogP contribution >= 0.6 is 11.8 Å². The van der Waals surface area contributed by atoms with Gasteiger partial charge in [-0.2, -0.15) is 0 Å². The highest BCUT2D eigenvalue weighted by Crippen LogP contribution is 2.36. The van der Waals surface area contributed by atoms with E-state index in [0.29, 0.717) is 34.0 Å². The number of amides is 2. The second-order valence-corrected chi connectivity index (χ2v) is 8.38. The standard InChI is InChI=1S/C26H23NO5S/c1-3-7-19-14-17(15-22(31-2)24(19)28)16-23-25(29)27(26(30)33-23)12-13-32-21-11-6-9-18-8-4-5-10-20(18)21/h3-6,8-11,14-16,28H,1,7,12-13H2,2H3/b23-16-. The van der Waals surface area contributed by atoms with Crippen molar-refractivity contribution >= 4 is 39.8 Å². The molecule has 6 nitrogen and oxygen atoms in total. The van der Waals surface area contributed by atoms with Crippen LogP contribution in [0.3, 0.4) is 0 Å². The number of fused-ring (bicyclic) bond motifs is 1. The monoisotopic (exact) mass is 461 g/mol. The number of carbonyl (C=O) groups is 2. The van der Waals surface area contributed by atoms with Gasteiger partial charge in [0, 0.05) is 10.9 Å². The van der Waals surface area contributed by atoms with Crippen molar-refractivity contribution < 1.29 is 24.2 Å². The molecule has 0 spiro atoms. The highest BCUT2D eigenvalue weighted by molar-refractivity contribution is 8.18. The van der Waals surface area contributed by atoms with Crippen molar-refractivity contribution in [3.8, 4) is 17.2 Å². The third-order valence-corrected chi connectivity index (χ3v) is 6.16. The predicted molar refractivity (Wildman–Crippen MR) is 131 cm³/mol. The van der Waals surface area contributed by atoms with Crippen molar-refractivity contribution in [3.05, 3.63) is 83.3 Å². The van der Waals surface area contributed by atoms with E-state index in [1.165, 1.54) is 12.0 Å². The van der Waals surface area contributed by atoms with Gasteiger partial charge in [0.25, 0.3) is 11.1 Å². The van der Waals surface area contributed by atoms with Gasteiger partial charge in [-0.15, -0.1) is 6.58 Å². The van der Waals surface area contributed by atoms with E-state index in [2.05, 4.69) is 6.58 Å². The summed E-state index contributed by atoms with van der Waals surface area (Å²) in [6.45, 7) is 4.03. The Morgan fingerprint density at radius 3 is 2.67 bits per heavy atom. The van der Waals surface area contributed by atoms with E-state index in [1.54, 1.807) is 24.3 Å². The minimum absolute atomic E-state index is 0.0354. The van der Waals surface area contributed by atoms with Gasteiger partial charge in [0.05, 0.1) is 18.6 Å². The topological polar surface area (TPSA) is 76.1 Å². The normalized spacial score (nSPS) is 14.8. The fraction of sp³-hybridized carbons (Fsp3) is 0.154. The molecule has 1 N–H and O–H groups in total. The van der Waals surface area contributed by atoms with Crippen LogP contribution in [-0.2, 0) is 11.2 Å². The summed E-state index contributed by atoms with van der Waals surface area (Å²) in [5.74, 6) is 0.668. The highest BCUT2D eigenvalue weighted by Gasteiger charge is 2.35. The van der Waals surface area contributed by atoms with Crippen LogP contribution in [-0.4, -0.2) is 41.4 Å². The molecule has 1 heterocycles. The number of aromatic hydroxyl groups is 1. The average Bonchev–Trinajstić information content (AvgIpc) is 3.08. The van der Waals surface area contributed by atoms with Crippen molar-refractivity contribution in [2.75, 3.05) is 20.3 Å². The Bertz CT molecular complexity index is 1260. The van der Waals surface area contributed by atoms with Gasteiger partial charge in [-0.25, -0.2) is 0 Å². The van der Waals surface area contributed by atoms with Gasteiger partial charge in [-0.05, 0) is 53.4 Å². The SMILES string of the molecule is C=CCc1cc(/C=C2\SC(=O)N(CCOc3cccc4ccccc34)C2=O)cc(OC)c1O. The van der Waals surface area contributed by atoms with Crippen LogP contribution in [0.2, 0.25) is 0 Å². The number of allylic oxidation sites excluding steroid dienone is 1. The number of carbonyl (C=O) groups excluding carboxylic acids is 2. The Morgan fingerprint density at radius 2 is 1.88 bits per heavy atom. The first-order valence-corrected chi connectivity index (χ1v) is 11.2. The number of ether oxygens (including phenoxy) is 2. The molecule has 0 aliphatic carbocycles. The summed E-state index contributed by atoms with van der Waals surface area (Å²) in [4.78, 5) is 26.8. The third-order valence-electron chi connectivity index (χ3n) is 5.25. The van der Waals surface area contributed by atoms with Gasteiger partial charge < -0.3 is 14.6 Å². The molecule has 0 aromatic heterocycles. The zero-order valence-corrected chi connectivity index (χ0v) is 18.9. The summed E-state index contributed by atoms with van der Waals surface area (Å²) in [5.41, 5.74) is 1.28. The lowest BCUT2D eigenvalue weighted by atomic mass is 10.1. The van der Waals surface area contributed by atoms with Crippen LogP contribution in [0.1, 0.15) is 11.1 Å². The van der Waals surface area contributed by atoms with Crippen LogP contribution < -0.4 is 9.47 Å². The largest absolute Gasteiger partial charge is 0.504 e. The molecule has 3 aromatic rings. The zero-order valence-electron chi connectivity index (χ0n) is 18.1. The van der Waals surface area contributed by atoms with E-state index < -0.39 is 0 Å². The molecule has 168 valence electrons. The predicted octanol–water partition coefficient (Wildman–Crippen LogP) is 5.40. The van der Waals surface area contributed by atoms with Gasteiger partial charge in [-0.3, -0.25) is 14.5 Å². The maximum Gasteiger partial charge on any atom is 0.293 e. The van der Waals surface area contributed by atoms with Gasteiger partial charge >= 0.3 is 0 Å². The molecular formula is C26H23NO5S. The van der Waals surface area contributed by atoms with E-state index in [1.807, 2.05) is 42.5 Å². The Kier molecular flexibility index (Phi) is 6.70. The van der Waals surface area contributed by atoms with Crippen LogP contribution in [0.5, 0.6) is 17.2 Å². The molecule has 0 atom stereocenters. The number of hydrogen-bond donors (Lipinski definition) is 1. The molecule has 3 aromatic carbocycles. The van der Waals surface area contributed by atoms with E-state index in [4.69, 9.17) is 9.47 Å². The van der Waals surface area contributed by atoms with Gasteiger partial charge in [-0.1, -0.05) is 42.5 Å². The van der Waals surface area contributed by atoms with Crippen molar-refractivity contribution in [2.24, 2.45) is 0 Å². The minimum atomic E-state index is -0.371. The van der Waals surface area contributed by atoms with Crippen molar-refractivity contribution in [3.63, 3.8) is 0 Å². The molecule has 1 fully saturated rings. The lowest BCUT2D eigenvalue weighted by Gasteiger charge is -2.14. The maximum absolute atomic E-state index is 12.9. The number of hydrogen-bond acceptors (Lipinski definition) is 6. The molecule has 0 unspecified atom stereocenters. The van der Waals surface area contributed by atoms with Crippen LogP contribution in [0.25, 0.3) is 16.8 Å². The van der Waals surface area contributed by atoms with Gasteiger partial charge in [0.1, 0.15) is 12.4 Å². The number of benzene rings is 3. The van der Waals surface area contributed by atoms with E-state index in [-0.39, 0.29) is 30.0 Å². The van der Waals surface area contributed by atoms with Gasteiger partial charge in [0.15, 0.2) is 11.5 Å². The maximum atomic E-state index is 12.9. The molecule has 0 radical (unpaired) electrons. The third kappa shape index (κ3) is 4.73. The first-order valence-electron chi connectivity index (χ1n) is 10.4. The Labute approximate surface area is 196 Å². The Hall–Kier alpha value is -3.71.